The highest BCUT2D eigenvalue weighted by molar-refractivity contribution is 5.59. The fourth-order valence-corrected chi connectivity index (χ4v) is 2.92. The second kappa shape index (κ2) is 5.72. The number of anilines is 2. The zero-order chi connectivity index (χ0) is 13.9. The topological polar surface area (TPSA) is 47.3 Å². The number of nitrogens with two attached hydrogens (primary N) is 1. The normalized spacial score (nSPS) is 21.9. The highest BCUT2D eigenvalue weighted by atomic mass is 16.5. The van der Waals surface area contributed by atoms with E-state index in [1.807, 2.05) is 25.1 Å². The van der Waals surface area contributed by atoms with Crippen molar-refractivity contribution in [3.8, 4) is 5.75 Å². The van der Waals surface area contributed by atoms with Gasteiger partial charge in [-0.3, -0.25) is 0 Å². The van der Waals surface area contributed by atoms with E-state index in [9.17, 15) is 0 Å². The van der Waals surface area contributed by atoms with Crippen molar-refractivity contribution in [1.82, 2.24) is 0 Å². The van der Waals surface area contributed by atoms with E-state index in [2.05, 4.69) is 19.2 Å². The van der Waals surface area contributed by atoms with Crippen LogP contribution < -0.4 is 15.8 Å². The van der Waals surface area contributed by atoms with Crippen LogP contribution in [-0.2, 0) is 0 Å². The molecule has 0 heterocycles. The fraction of sp³-hybridized carbons (Fsp3) is 0.625. The third-order valence-corrected chi connectivity index (χ3v) is 4.09. The molecule has 1 aromatic rings. The van der Waals surface area contributed by atoms with Crippen molar-refractivity contribution in [2.24, 2.45) is 5.41 Å². The number of benzene rings is 1. The molecular formula is C16H26N2O. The molecule has 2 rings (SSSR count). The summed E-state index contributed by atoms with van der Waals surface area (Å²) in [7, 11) is 0. The number of nitrogens with one attached hydrogen (secondary N) is 1. The Bertz CT molecular complexity index is 429. The molecule has 0 spiro atoms. The van der Waals surface area contributed by atoms with Gasteiger partial charge in [-0.2, -0.15) is 0 Å². The molecule has 1 saturated carbocycles. The van der Waals surface area contributed by atoms with Crippen LogP contribution in [0.1, 0.15) is 46.5 Å². The summed E-state index contributed by atoms with van der Waals surface area (Å²) in [6.45, 7) is 7.34. The van der Waals surface area contributed by atoms with E-state index in [0.29, 0.717) is 18.1 Å². The van der Waals surface area contributed by atoms with Gasteiger partial charge in [-0.25, -0.2) is 0 Å². The van der Waals surface area contributed by atoms with Crippen LogP contribution in [0, 0.1) is 5.41 Å². The van der Waals surface area contributed by atoms with Crippen molar-refractivity contribution < 1.29 is 4.74 Å². The molecule has 0 aliphatic heterocycles. The molecule has 0 radical (unpaired) electrons. The minimum absolute atomic E-state index is 0.342. The maximum Gasteiger partial charge on any atom is 0.123 e. The number of hydrogen-bond donors (Lipinski definition) is 2. The summed E-state index contributed by atoms with van der Waals surface area (Å²) in [6.07, 6.45) is 5.16. The van der Waals surface area contributed by atoms with Gasteiger partial charge in [0.15, 0.2) is 0 Å². The molecule has 1 aromatic carbocycles. The van der Waals surface area contributed by atoms with Crippen LogP contribution in [0.2, 0.25) is 0 Å². The van der Waals surface area contributed by atoms with Gasteiger partial charge in [-0.15, -0.1) is 0 Å². The molecule has 1 aliphatic carbocycles. The minimum atomic E-state index is 0.342. The first-order valence-electron chi connectivity index (χ1n) is 7.31. The summed E-state index contributed by atoms with van der Waals surface area (Å²) in [6, 6.07) is 6.43. The first kappa shape index (κ1) is 14.0. The lowest BCUT2D eigenvalue weighted by Gasteiger charge is -2.39. The molecule has 3 heteroatoms. The average molecular weight is 262 g/mol. The molecule has 0 amide bonds. The molecule has 0 bridgehead atoms. The second-order valence-corrected chi connectivity index (χ2v) is 6.16. The van der Waals surface area contributed by atoms with Gasteiger partial charge in [0.25, 0.3) is 0 Å². The van der Waals surface area contributed by atoms with Gasteiger partial charge in [-0.05, 0) is 31.2 Å². The summed E-state index contributed by atoms with van der Waals surface area (Å²) >= 11 is 0. The maximum atomic E-state index is 5.94. The summed E-state index contributed by atoms with van der Waals surface area (Å²) < 4.78 is 5.55. The minimum Gasteiger partial charge on any atom is -0.494 e. The van der Waals surface area contributed by atoms with Crippen molar-refractivity contribution in [3.63, 3.8) is 0 Å². The Morgan fingerprint density at radius 1 is 1.32 bits per heavy atom. The Kier molecular flexibility index (Phi) is 4.23. The molecule has 3 N–H and O–H groups in total. The van der Waals surface area contributed by atoms with Gasteiger partial charge in [0.05, 0.1) is 6.61 Å². The zero-order valence-corrected chi connectivity index (χ0v) is 12.3. The second-order valence-electron chi connectivity index (χ2n) is 6.16. The predicted molar refractivity (Wildman–Crippen MR) is 81.7 cm³/mol. The van der Waals surface area contributed by atoms with Gasteiger partial charge in [-0.1, -0.05) is 26.7 Å². The van der Waals surface area contributed by atoms with Crippen molar-refractivity contribution in [2.45, 2.75) is 52.5 Å². The van der Waals surface area contributed by atoms with E-state index < -0.39 is 0 Å². The lowest BCUT2D eigenvalue weighted by atomic mass is 9.73. The van der Waals surface area contributed by atoms with Crippen LogP contribution in [0.5, 0.6) is 5.75 Å². The Labute approximate surface area is 116 Å². The predicted octanol–water partition coefficient (Wildman–Crippen LogP) is 4.05. The lowest BCUT2D eigenvalue weighted by Crippen LogP contribution is -2.38. The van der Waals surface area contributed by atoms with Gasteiger partial charge < -0.3 is 15.8 Å². The average Bonchev–Trinajstić information content (AvgIpc) is 2.31. The van der Waals surface area contributed by atoms with E-state index >= 15 is 0 Å². The Balaban J connectivity index is 2.13. The Morgan fingerprint density at radius 3 is 2.79 bits per heavy atom. The van der Waals surface area contributed by atoms with Gasteiger partial charge in [0.2, 0.25) is 0 Å². The summed E-state index contributed by atoms with van der Waals surface area (Å²) in [5.74, 6) is 0.846. The van der Waals surface area contributed by atoms with Crippen LogP contribution >= 0.6 is 0 Å². The van der Waals surface area contributed by atoms with Crippen molar-refractivity contribution in [3.05, 3.63) is 18.2 Å². The molecule has 3 nitrogen and oxygen atoms in total. The van der Waals surface area contributed by atoms with Crippen LogP contribution in [0.3, 0.4) is 0 Å². The highest BCUT2D eigenvalue weighted by Crippen LogP contribution is 2.37. The number of ether oxygens (including phenoxy) is 1. The van der Waals surface area contributed by atoms with Crippen LogP contribution in [-0.4, -0.2) is 12.6 Å². The number of nitrogen functional groups attached to an aromatic ring is 1. The van der Waals surface area contributed by atoms with Crippen LogP contribution in [0.15, 0.2) is 18.2 Å². The molecule has 1 unspecified atom stereocenters. The molecule has 1 fully saturated rings. The summed E-state index contributed by atoms with van der Waals surface area (Å²) in [5, 5.41) is 3.65. The van der Waals surface area contributed by atoms with Gasteiger partial charge >= 0.3 is 0 Å². The quantitative estimate of drug-likeness (QED) is 0.805. The van der Waals surface area contributed by atoms with Gasteiger partial charge in [0.1, 0.15) is 5.75 Å². The van der Waals surface area contributed by atoms with Crippen molar-refractivity contribution in [1.29, 1.82) is 0 Å². The van der Waals surface area contributed by atoms with E-state index in [0.717, 1.165) is 17.1 Å². The van der Waals surface area contributed by atoms with Crippen molar-refractivity contribution >= 4 is 11.4 Å². The standard InChI is InChI=1S/C16H26N2O/c1-4-19-14-10-12(17)9-13(11-14)18-15-7-5-6-8-16(15,2)3/h9-11,15,18H,4-8,17H2,1-3H3. The fourth-order valence-electron chi connectivity index (χ4n) is 2.92. The molecule has 19 heavy (non-hydrogen) atoms. The molecule has 0 saturated heterocycles. The Hall–Kier alpha value is -1.38. The van der Waals surface area contributed by atoms with E-state index in [1.165, 1.54) is 25.7 Å². The van der Waals surface area contributed by atoms with Crippen molar-refractivity contribution in [2.75, 3.05) is 17.7 Å². The summed E-state index contributed by atoms with van der Waals surface area (Å²) in [5.41, 5.74) is 8.11. The van der Waals surface area contributed by atoms with E-state index in [4.69, 9.17) is 10.5 Å². The smallest absolute Gasteiger partial charge is 0.123 e. The van der Waals surface area contributed by atoms with Crippen LogP contribution in [0.25, 0.3) is 0 Å². The molecule has 106 valence electrons. The molecule has 1 aliphatic rings. The van der Waals surface area contributed by atoms with E-state index in [-0.39, 0.29) is 0 Å². The largest absolute Gasteiger partial charge is 0.494 e. The maximum absolute atomic E-state index is 5.94. The monoisotopic (exact) mass is 262 g/mol. The number of hydrogen-bond acceptors (Lipinski definition) is 3. The highest BCUT2D eigenvalue weighted by Gasteiger charge is 2.32. The SMILES string of the molecule is CCOc1cc(N)cc(NC2CCCCC2(C)C)c1. The van der Waals surface area contributed by atoms with E-state index in [1.54, 1.807) is 0 Å². The summed E-state index contributed by atoms with van der Waals surface area (Å²) in [4.78, 5) is 0. The molecule has 1 atom stereocenters. The first-order chi connectivity index (χ1) is 9.01. The Morgan fingerprint density at radius 2 is 2.11 bits per heavy atom. The molecule has 0 aromatic heterocycles. The van der Waals surface area contributed by atoms with Gasteiger partial charge in [0, 0.05) is 29.5 Å². The third-order valence-electron chi connectivity index (χ3n) is 4.09. The lowest BCUT2D eigenvalue weighted by molar-refractivity contribution is 0.217. The first-order valence-corrected chi connectivity index (χ1v) is 7.31. The third kappa shape index (κ3) is 3.55. The number of rotatable bonds is 4. The molecular weight excluding hydrogens is 236 g/mol. The zero-order valence-electron chi connectivity index (χ0n) is 12.3. The van der Waals surface area contributed by atoms with Crippen LogP contribution in [0.4, 0.5) is 11.4 Å².